The standard InChI is InChI=1S/C23H28Cl2N2O2S/c1-16(22(29)26-23(2,3)4)27(15-17-10-11-18(24)14-20(17)25)21(28)12-13-30-19-8-6-5-7-9-19/h5-11,14,16H,12-13,15H2,1-4H3,(H,26,29)/t16-/m1/s1. The molecule has 2 aromatic rings. The minimum Gasteiger partial charge on any atom is -0.350 e. The predicted molar refractivity (Wildman–Crippen MR) is 126 cm³/mol. The van der Waals surface area contributed by atoms with Gasteiger partial charge in [0, 0.05) is 39.2 Å². The fourth-order valence-corrected chi connectivity index (χ4v) is 4.14. The van der Waals surface area contributed by atoms with E-state index in [1.54, 1.807) is 41.8 Å². The number of carbonyl (C=O) groups is 2. The SMILES string of the molecule is C[C@H](C(=O)NC(C)(C)C)N(Cc1ccc(Cl)cc1Cl)C(=O)CCSc1ccccc1. The van der Waals surface area contributed by atoms with Gasteiger partial charge in [0.25, 0.3) is 0 Å². The number of nitrogens with one attached hydrogen (secondary N) is 1. The van der Waals surface area contributed by atoms with E-state index in [0.29, 0.717) is 22.2 Å². The normalized spacial score (nSPS) is 12.3. The second-order valence-corrected chi connectivity index (χ2v) is 10.1. The first kappa shape index (κ1) is 24.6. The summed E-state index contributed by atoms with van der Waals surface area (Å²) in [6.07, 6.45) is 0.317. The average Bonchev–Trinajstić information content (AvgIpc) is 2.66. The van der Waals surface area contributed by atoms with Gasteiger partial charge < -0.3 is 10.2 Å². The van der Waals surface area contributed by atoms with Crippen molar-refractivity contribution in [2.75, 3.05) is 5.75 Å². The van der Waals surface area contributed by atoms with Crippen LogP contribution in [-0.4, -0.2) is 34.0 Å². The monoisotopic (exact) mass is 466 g/mol. The van der Waals surface area contributed by atoms with Crippen molar-refractivity contribution in [1.82, 2.24) is 10.2 Å². The quantitative estimate of drug-likeness (QED) is 0.499. The molecule has 0 heterocycles. The van der Waals surface area contributed by atoms with Crippen LogP contribution in [-0.2, 0) is 16.1 Å². The topological polar surface area (TPSA) is 49.4 Å². The molecule has 0 unspecified atom stereocenters. The van der Waals surface area contributed by atoms with Gasteiger partial charge in [0.05, 0.1) is 0 Å². The van der Waals surface area contributed by atoms with E-state index in [-0.39, 0.29) is 23.9 Å². The second kappa shape index (κ2) is 11.1. The summed E-state index contributed by atoms with van der Waals surface area (Å²) < 4.78 is 0. The molecule has 2 amide bonds. The highest BCUT2D eigenvalue weighted by atomic mass is 35.5. The number of carbonyl (C=O) groups excluding carboxylic acids is 2. The molecule has 0 aliphatic rings. The van der Waals surface area contributed by atoms with Gasteiger partial charge in [0.1, 0.15) is 6.04 Å². The third-order valence-corrected chi connectivity index (χ3v) is 5.95. The molecule has 0 aliphatic heterocycles. The van der Waals surface area contributed by atoms with Crippen LogP contribution in [0.5, 0.6) is 0 Å². The van der Waals surface area contributed by atoms with Gasteiger partial charge in [0.2, 0.25) is 11.8 Å². The largest absolute Gasteiger partial charge is 0.350 e. The second-order valence-electron chi connectivity index (χ2n) is 8.08. The highest BCUT2D eigenvalue weighted by molar-refractivity contribution is 7.99. The molecule has 0 fully saturated rings. The molecule has 30 heavy (non-hydrogen) atoms. The van der Waals surface area contributed by atoms with Crippen LogP contribution in [0.15, 0.2) is 53.4 Å². The highest BCUT2D eigenvalue weighted by Crippen LogP contribution is 2.24. The molecule has 4 nitrogen and oxygen atoms in total. The van der Waals surface area contributed by atoms with E-state index in [2.05, 4.69) is 5.32 Å². The van der Waals surface area contributed by atoms with Gasteiger partial charge in [-0.15, -0.1) is 11.8 Å². The van der Waals surface area contributed by atoms with Crippen LogP contribution in [0, 0.1) is 0 Å². The van der Waals surface area contributed by atoms with E-state index >= 15 is 0 Å². The average molecular weight is 467 g/mol. The fraction of sp³-hybridized carbons (Fsp3) is 0.391. The predicted octanol–water partition coefficient (Wildman–Crippen LogP) is 5.81. The Labute approximate surface area is 193 Å². The molecule has 7 heteroatoms. The summed E-state index contributed by atoms with van der Waals surface area (Å²) in [5.74, 6) is 0.332. The molecule has 1 atom stereocenters. The van der Waals surface area contributed by atoms with Gasteiger partial charge in [-0.05, 0) is 57.5 Å². The molecule has 0 saturated carbocycles. The summed E-state index contributed by atoms with van der Waals surface area (Å²) in [6, 6.07) is 14.5. The highest BCUT2D eigenvalue weighted by Gasteiger charge is 2.28. The molecule has 0 saturated heterocycles. The van der Waals surface area contributed by atoms with Crippen LogP contribution in [0.2, 0.25) is 10.0 Å². The third kappa shape index (κ3) is 7.86. The lowest BCUT2D eigenvalue weighted by Gasteiger charge is -2.31. The van der Waals surface area contributed by atoms with Gasteiger partial charge >= 0.3 is 0 Å². The third-order valence-electron chi connectivity index (χ3n) is 4.35. The van der Waals surface area contributed by atoms with Gasteiger partial charge in [0.15, 0.2) is 0 Å². The Balaban J connectivity index is 2.14. The number of nitrogens with zero attached hydrogens (tertiary/aromatic N) is 1. The minimum atomic E-state index is -0.634. The molecular formula is C23H28Cl2N2O2S. The van der Waals surface area contributed by atoms with Crippen molar-refractivity contribution in [3.63, 3.8) is 0 Å². The maximum Gasteiger partial charge on any atom is 0.242 e. The van der Waals surface area contributed by atoms with E-state index in [4.69, 9.17) is 23.2 Å². The maximum atomic E-state index is 13.1. The van der Waals surface area contributed by atoms with Gasteiger partial charge in [-0.2, -0.15) is 0 Å². The molecule has 1 N–H and O–H groups in total. The van der Waals surface area contributed by atoms with Crippen molar-refractivity contribution >= 4 is 46.8 Å². The number of thioether (sulfide) groups is 1. The Bertz CT molecular complexity index is 869. The number of benzene rings is 2. The van der Waals surface area contributed by atoms with E-state index in [9.17, 15) is 9.59 Å². The Morgan fingerprint density at radius 3 is 2.37 bits per heavy atom. The van der Waals surface area contributed by atoms with Gasteiger partial charge in [-0.25, -0.2) is 0 Å². The van der Waals surface area contributed by atoms with Crippen LogP contribution < -0.4 is 5.32 Å². The van der Waals surface area contributed by atoms with Crippen molar-refractivity contribution in [2.24, 2.45) is 0 Å². The van der Waals surface area contributed by atoms with Crippen LogP contribution in [0.4, 0.5) is 0 Å². The zero-order valence-electron chi connectivity index (χ0n) is 17.7. The number of rotatable bonds is 8. The van der Waals surface area contributed by atoms with Crippen molar-refractivity contribution in [3.05, 3.63) is 64.1 Å². The number of halogens is 2. The molecule has 0 radical (unpaired) electrons. The zero-order chi connectivity index (χ0) is 22.3. The first-order valence-corrected chi connectivity index (χ1v) is 11.5. The Hall–Kier alpha value is -1.69. The van der Waals surface area contributed by atoms with Crippen LogP contribution in [0.1, 0.15) is 39.7 Å². The Morgan fingerprint density at radius 1 is 1.10 bits per heavy atom. The van der Waals surface area contributed by atoms with Crippen molar-refractivity contribution in [2.45, 2.75) is 57.1 Å². The summed E-state index contributed by atoms with van der Waals surface area (Å²) in [7, 11) is 0. The molecule has 0 aromatic heterocycles. The van der Waals surface area contributed by atoms with Crippen LogP contribution in [0.25, 0.3) is 0 Å². The Morgan fingerprint density at radius 2 is 1.77 bits per heavy atom. The lowest BCUT2D eigenvalue weighted by molar-refractivity contribution is -0.140. The van der Waals surface area contributed by atoms with Crippen molar-refractivity contribution in [1.29, 1.82) is 0 Å². The molecule has 0 aliphatic carbocycles. The first-order valence-electron chi connectivity index (χ1n) is 9.80. The van der Waals surface area contributed by atoms with Crippen molar-refractivity contribution < 1.29 is 9.59 Å². The number of hydrogen-bond acceptors (Lipinski definition) is 3. The van der Waals surface area contributed by atoms with E-state index in [1.807, 2.05) is 51.1 Å². The van der Waals surface area contributed by atoms with Gasteiger partial charge in [-0.1, -0.05) is 47.5 Å². The van der Waals surface area contributed by atoms with E-state index in [1.165, 1.54) is 0 Å². The summed E-state index contributed by atoms with van der Waals surface area (Å²) in [5, 5.41) is 3.96. The molecule has 2 rings (SSSR count). The minimum absolute atomic E-state index is 0.0963. The molecule has 0 spiro atoms. The molecule has 0 bridgehead atoms. The van der Waals surface area contributed by atoms with Crippen LogP contribution >= 0.6 is 35.0 Å². The zero-order valence-corrected chi connectivity index (χ0v) is 20.1. The summed E-state index contributed by atoms with van der Waals surface area (Å²) in [5.41, 5.74) is 0.363. The maximum absolute atomic E-state index is 13.1. The van der Waals surface area contributed by atoms with Crippen molar-refractivity contribution in [3.8, 4) is 0 Å². The lowest BCUT2D eigenvalue weighted by atomic mass is 10.1. The molecular weight excluding hydrogens is 439 g/mol. The smallest absolute Gasteiger partial charge is 0.242 e. The number of hydrogen-bond donors (Lipinski definition) is 1. The first-order chi connectivity index (χ1) is 14.1. The summed E-state index contributed by atoms with van der Waals surface area (Å²) >= 11 is 13.9. The van der Waals surface area contributed by atoms with E-state index < -0.39 is 6.04 Å². The number of amides is 2. The fourth-order valence-electron chi connectivity index (χ4n) is 2.81. The summed E-state index contributed by atoms with van der Waals surface area (Å²) in [6.45, 7) is 7.72. The Kier molecular flexibility index (Phi) is 9.08. The molecule has 162 valence electrons. The van der Waals surface area contributed by atoms with Gasteiger partial charge in [-0.3, -0.25) is 9.59 Å². The summed E-state index contributed by atoms with van der Waals surface area (Å²) in [4.78, 5) is 28.5. The van der Waals surface area contributed by atoms with E-state index in [0.717, 1.165) is 10.5 Å². The lowest BCUT2D eigenvalue weighted by Crippen LogP contribution is -2.52. The van der Waals surface area contributed by atoms with Crippen LogP contribution in [0.3, 0.4) is 0 Å². The molecule has 2 aromatic carbocycles.